The van der Waals surface area contributed by atoms with Crippen LogP contribution >= 0.6 is 11.8 Å². The molecular weight excluding hydrogens is 533 g/mol. The van der Waals surface area contributed by atoms with Crippen molar-refractivity contribution in [1.82, 2.24) is 10.2 Å². The van der Waals surface area contributed by atoms with Crippen LogP contribution in [0, 0.1) is 0 Å². The highest BCUT2D eigenvalue weighted by Gasteiger charge is 2.34. The number of hydrogen-bond donors (Lipinski definition) is 3. The van der Waals surface area contributed by atoms with E-state index < -0.39 is 29.4 Å². The number of amides is 1. The third-order valence-corrected chi connectivity index (χ3v) is 7.45. The molecule has 39 heavy (non-hydrogen) atoms. The van der Waals surface area contributed by atoms with Crippen molar-refractivity contribution in [3.63, 3.8) is 0 Å². The molecule has 8 nitrogen and oxygen atoms in total. The molecule has 0 aromatic heterocycles. The van der Waals surface area contributed by atoms with E-state index in [-0.39, 0.29) is 6.04 Å². The molecule has 1 saturated heterocycles. The fourth-order valence-electron chi connectivity index (χ4n) is 4.46. The number of esters is 1. The minimum absolute atomic E-state index is 0.0115. The number of benzene rings is 2. The van der Waals surface area contributed by atoms with Gasteiger partial charge in [-0.05, 0) is 63.9 Å². The van der Waals surface area contributed by atoms with Gasteiger partial charge in [-0.15, -0.1) is 0 Å². The van der Waals surface area contributed by atoms with Crippen molar-refractivity contribution in [2.24, 2.45) is 0 Å². The topological polar surface area (TPSA) is 91.9 Å². The molecule has 2 aromatic rings. The zero-order valence-electron chi connectivity index (χ0n) is 22.3. The average molecular weight is 567 g/mol. The second kappa shape index (κ2) is 11.5. The van der Waals surface area contributed by atoms with Gasteiger partial charge in [-0.1, -0.05) is 11.8 Å². The van der Waals surface area contributed by atoms with E-state index in [4.69, 9.17) is 9.47 Å². The third kappa shape index (κ3) is 7.51. The Bertz CT molecular complexity index is 1220. The van der Waals surface area contributed by atoms with Gasteiger partial charge in [0.2, 0.25) is 0 Å². The number of alkyl carbamates (subject to hydrolysis) is 1. The summed E-state index contributed by atoms with van der Waals surface area (Å²) in [6, 6.07) is 7.23. The molecule has 0 atom stereocenters. The smallest absolute Gasteiger partial charge is 0.416 e. The number of rotatable bonds is 6. The Kier molecular flexibility index (Phi) is 8.55. The number of carbonyl (C=O) groups excluding carboxylic acids is 2. The number of carbonyl (C=O) groups is 2. The Labute approximate surface area is 230 Å². The number of anilines is 3. The monoisotopic (exact) mass is 566 g/mol. The van der Waals surface area contributed by atoms with Crippen LogP contribution in [0.1, 0.15) is 49.5 Å². The molecule has 2 aromatic carbocycles. The lowest BCUT2D eigenvalue weighted by molar-refractivity contribution is -0.137. The summed E-state index contributed by atoms with van der Waals surface area (Å²) in [5.41, 5.74) is 0.701. The lowest BCUT2D eigenvalue weighted by Gasteiger charge is -2.34. The molecule has 0 saturated carbocycles. The fraction of sp³-hybridized carbons (Fsp3) is 0.481. The summed E-state index contributed by atoms with van der Waals surface area (Å²) < 4.78 is 51.4. The first-order valence-electron chi connectivity index (χ1n) is 12.7. The largest absolute Gasteiger partial charge is 0.465 e. The zero-order chi connectivity index (χ0) is 28.4. The second-order valence-corrected chi connectivity index (χ2v) is 11.6. The van der Waals surface area contributed by atoms with Gasteiger partial charge in [0.1, 0.15) is 5.60 Å². The molecule has 12 heteroatoms. The SMILES string of the molecule is COC(=O)c1ccc2c(c1)Sc1cc(C(F)(F)F)cc(NC3CCN(CCNC(=O)OC(C)(C)C)CC3)c1N2. The summed E-state index contributed by atoms with van der Waals surface area (Å²) in [6.07, 6.45) is -3.49. The van der Waals surface area contributed by atoms with E-state index >= 15 is 0 Å². The number of methoxy groups -OCH3 is 1. The van der Waals surface area contributed by atoms with Crippen LogP contribution in [-0.2, 0) is 15.7 Å². The molecule has 2 aliphatic rings. The van der Waals surface area contributed by atoms with Crippen LogP contribution < -0.4 is 16.0 Å². The van der Waals surface area contributed by atoms with E-state index in [1.807, 2.05) is 0 Å². The maximum absolute atomic E-state index is 13.8. The van der Waals surface area contributed by atoms with Gasteiger partial charge in [0.05, 0.1) is 35.3 Å². The van der Waals surface area contributed by atoms with Crippen molar-refractivity contribution in [2.45, 2.75) is 61.2 Å². The summed E-state index contributed by atoms with van der Waals surface area (Å²) in [6.45, 7) is 8.02. The van der Waals surface area contributed by atoms with Crippen molar-refractivity contribution < 1.29 is 32.2 Å². The van der Waals surface area contributed by atoms with Gasteiger partial charge in [-0.2, -0.15) is 13.2 Å². The molecule has 1 amide bonds. The van der Waals surface area contributed by atoms with Crippen LogP contribution in [-0.4, -0.2) is 61.9 Å². The van der Waals surface area contributed by atoms with E-state index in [1.54, 1.807) is 39.0 Å². The molecule has 0 unspecified atom stereocenters. The number of hydrogen-bond acceptors (Lipinski definition) is 8. The van der Waals surface area contributed by atoms with Crippen LogP contribution in [0.5, 0.6) is 0 Å². The minimum Gasteiger partial charge on any atom is -0.465 e. The fourth-order valence-corrected chi connectivity index (χ4v) is 5.56. The normalized spacial score (nSPS) is 16.0. The van der Waals surface area contributed by atoms with Gasteiger partial charge >= 0.3 is 18.2 Å². The molecule has 3 N–H and O–H groups in total. The predicted molar refractivity (Wildman–Crippen MR) is 144 cm³/mol. The number of likely N-dealkylation sites (tertiary alicyclic amines) is 1. The molecule has 2 heterocycles. The zero-order valence-corrected chi connectivity index (χ0v) is 23.1. The molecule has 0 aliphatic carbocycles. The van der Waals surface area contributed by atoms with Crippen LogP contribution in [0.2, 0.25) is 0 Å². The molecule has 0 spiro atoms. The molecule has 0 radical (unpaired) electrons. The maximum Gasteiger partial charge on any atom is 0.416 e. The van der Waals surface area contributed by atoms with Crippen LogP contribution in [0.3, 0.4) is 0 Å². The number of halogens is 3. The Hall–Kier alpha value is -3.12. The Morgan fingerprint density at radius 3 is 2.46 bits per heavy atom. The summed E-state index contributed by atoms with van der Waals surface area (Å²) in [5.74, 6) is -0.512. The first kappa shape index (κ1) is 28.9. The Morgan fingerprint density at radius 1 is 1.10 bits per heavy atom. The Balaban J connectivity index is 1.42. The molecular formula is C27H33F3N4O4S. The third-order valence-electron chi connectivity index (χ3n) is 6.36. The van der Waals surface area contributed by atoms with Gasteiger partial charge in [0.15, 0.2) is 0 Å². The number of ether oxygens (including phenoxy) is 2. The minimum atomic E-state index is -4.51. The highest BCUT2D eigenvalue weighted by atomic mass is 32.2. The molecule has 2 aliphatic heterocycles. The Morgan fingerprint density at radius 2 is 1.82 bits per heavy atom. The first-order chi connectivity index (χ1) is 18.3. The summed E-state index contributed by atoms with van der Waals surface area (Å²) in [5, 5.41) is 9.36. The van der Waals surface area contributed by atoms with E-state index in [0.717, 1.165) is 38.1 Å². The van der Waals surface area contributed by atoms with Gasteiger partial charge in [0.25, 0.3) is 0 Å². The lowest BCUT2D eigenvalue weighted by Crippen LogP contribution is -2.43. The van der Waals surface area contributed by atoms with Crippen molar-refractivity contribution in [2.75, 3.05) is 43.9 Å². The van der Waals surface area contributed by atoms with E-state index in [2.05, 4.69) is 20.9 Å². The highest BCUT2D eigenvalue weighted by molar-refractivity contribution is 7.99. The van der Waals surface area contributed by atoms with Gasteiger partial charge in [-0.25, -0.2) is 9.59 Å². The molecule has 4 rings (SSSR count). The van der Waals surface area contributed by atoms with Crippen LogP contribution in [0.15, 0.2) is 40.1 Å². The van der Waals surface area contributed by atoms with Crippen molar-refractivity contribution >= 4 is 40.9 Å². The molecule has 1 fully saturated rings. The molecule has 0 bridgehead atoms. The van der Waals surface area contributed by atoms with Crippen LogP contribution in [0.25, 0.3) is 0 Å². The van der Waals surface area contributed by atoms with Gasteiger partial charge in [0, 0.05) is 42.0 Å². The number of alkyl halides is 3. The number of nitrogens with one attached hydrogen (secondary N) is 3. The van der Waals surface area contributed by atoms with Gasteiger partial charge in [-0.3, -0.25) is 0 Å². The van der Waals surface area contributed by atoms with Crippen molar-refractivity contribution in [1.29, 1.82) is 0 Å². The lowest BCUT2D eigenvalue weighted by atomic mass is 10.0. The second-order valence-electron chi connectivity index (χ2n) is 10.5. The summed E-state index contributed by atoms with van der Waals surface area (Å²) >= 11 is 1.18. The van der Waals surface area contributed by atoms with E-state index in [9.17, 15) is 22.8 Å². The standard InChI is InChI=1S/C27H33F3N4O4S/c1-26(2,3)38-25(36)31-9-12-34-10-7-18(8-11-34)32-20-14-17(27(28,29)30)15-22-23(20)33-19-6-5-16(24(35)37-4)13-21(19)39-22/h5-6,13-15,18,32-33H,7-12H2,1-4H3,(H,31,36). The average Bonchev–Trinajstić information content (AvgIpc) is 2.86. The van der Waals surface area contributed by atoms with Crippen molar-refractivity contribution in [3.05, 3.63) is 41.5 Å². The molecule has 212 valence electrons. The van der Waals surface area contributed by atoms with Crippen molar-refractivity contribution in [3.8, 4) is 0 Å². The van der Waals surface area contributed by atoms with E-state index in [1.165, 1.54) is 18.9 Å². The highest BCUT2D eigenvalue weighted by Crippen LogP contribution is 2.50. The quantitative estimate of drug-likeness (QED) is 0.308. The first-order valence-corrected chi connectivity index (χ1v) is 13.5. The summed E-state index contributed by atoms with van der Waals surface area (Å²) in [7, 11) is 1.28. The number of fused-ring (bicyclic) bond motifs is 2. The maximum atomic E-state index is 13.8. The van der Waals surface area contributed by atoms with E-state index in [0.29, 0.717) is 45.5 Å². The summed E-state index contributed by atoms with van der Waals surface area (Å²) in [4.78, 5) is 27.0. The number of nitrogens with zero attached hydrogens (tertiary/aromatic N) is 1. The predicted octanol–water partition coefficient (Wildman–Crippen LogP) is 6.10. The van der Waals surface area contributed by atoms with Gasteiger partial charge < -0.3 is 30.3 Å². The number of piperidine rings is 1. The van der Waals surface area contributed by atoms with Crippen LogP contribution in [0.4, 0.5) is 35.0 Å².